The third-order valence-corrected chi connectivity index (χ3v) is 5.06. The number of carbonyl (C=O) groups is 1. The summed E-state index contributed by atoms with van der Waals surface area (Å²) in [7, 11) is 0. The number of thioether (sulfide) groups is 1. The van der Waals surface area contributed by atoms with Crippen LogP contribution >= 0.6 is 23.4 Å². The lowest BCUT2D eigenvalue weighted by atomic mass is 10.1. The zero-order chi connectivity index (χ0) is 20.4. The molecule has 144 valence electrons. The number of nitrogens with zero attached hydrogens (tertiary/aromatic N) is 2. The lowest BCUT2D eigenvalue weighted by molar-refractivity contribution is -0.384. The maximum absolute atomic E-state index is 11.8. The van der Waals surface area contributed by atoms with Gasteiger partial charge in [0.25, 0.3) is 10.9 Å². The summed E-state index contributed by atoms with van der Waals surface area (Å²) in [5, 5.41) is 14.3. The fraction of sp³-hybridized carbons (Fsp3) is 0. The Hall–Kier alpha value is -3.36. The summed E-state index contributed by atoms with van der Waals surface area (Å²) in [6.45, 7) is 0. The van der Waals surface area contributed by atoms with Crippen molar-refractivity contribution in [2.45, 2.75) is 0 Å². The molecule has 1 fully saturated rings. The standard InChI is InChI=1S/C20H12ClN3O4S/c21-12-5-7-13(8-6-12)22-19-18(29-20(25)23-19)11-14-9-10-17(28-14)15-3-1-2-4-16(15)24(26)27/h1-11H,(H,22,23,25)/b18-11-. The maximum Gasteiger partial charge on any atom is 0.289 e. The third-order valence-electron chi connectivity index (χ3n) is 3.99. The summed E-state index contributed by atoms with van der Waals surface area (Å²) in [6, 6.07) is 16.6. The number of hydrogen-bond acceptors (Lipinski definition) is 6. The van der Waals surface area contributed by atoms with Crippen molar-refractivity contribution in [3.63, 3.8) is 0 Å². The molecule has 1 aromatic heterocycles. The van der Waals surface area contributed by atoms with Crippen molar-refractivity contribution in [3.05, 3.63) is 86.5 Å². The molecule has 0 saturated carbocycles. The quantitative estimate of drug-likeness (QED) is 0.406. The minimum absolute atomic E-state index is 0.0434. The van der Waals surface area contributed by atoms with E-state index in [0.29, 0.717) is 38.5 Å². The Kier molecular flexibility index (Phi) is 5.20. The van der Waals surface area contributed by atoms with E-state index in [1.54, 1.807) is 60.7 Å². The predicted octanol–water partition coefficient (Wildman–Crippen LogP) is 6.04. The molecule has 0 radical (unpaired) electrons. The number of aliphatic imine (C=N–C) groups is 1. The van der Waals surface area contributed by atoms with Crippen LogP contribution in [-0.2, 0) is 0 Å². The number of amides is 1. The van der Waals surface area contributed by atoms with Crippen molar-refractivity contribution in [2.75, 3.05) is 0 Å². The lowest BCUT2D eigenvalue weighted by Gasteiger charge is -2.00. The molecule has 1 saturated heterocycles. The van der Waals surface area contributed by atoms with Gasteiger partial charge in [-0.05, 0) is 60.3 Å². The van der Waals surface area contributed by atoms with E-state index in [1.807, 2.05) is 0 Å². The molecule has 3 aromatic rings. The molecule has 0 aliphatic carbocycles. The van der Waals surface area contributed by atoms with Crippen LogP contribution in [0, 0.1) is 10.1 Å². The molecule has 0 unspecified atom stereocenters. The molecule has 2 aromatic carbocycles. The van der Waals surface area contributed by atoms with E-state index in [4.69, 9.17) is 16.0 Å². The molecular formula is C20H12ClN3O4S. The van der Waals surface area contributed by atoms with Gasteiger partial charge in [0.1, 0.15) is 17.4 Å². The fourth-order valence-corrected chi connectivity index (χ4v) is 3.55. The van der Waals surface area contributed by atoms with E-state index in [1.165, 1.54) is 6.07 Å². The highest BCUT2D eigenvalue weighted by Gasteiger charge is 2.24. The van der Waals surface area contributed by atoms with Gasteiger partial charge in [-0.25, -0.2) is 4.99 Å². The smallest absolute Gasteiger partial charge is 0.289 e. The number of nitrogens with one attached hydrogen (secondary N) is 1. The van der Waals surface area contributed by atoms with Crippen molar-refractivity contribution < 1.29 is 14.1 Å². The van der Waals surface area contributed by atoms with E-state index in [0.717, 1.165) is 11.8 Å². The van der Waals surface area contributed by atoms with E-state index in [2.05, 4.69) is 10.3 Å². The van der Waals surface area contributed by atoms with Crippen LogP contribution in [0.15, 0.2) is 75.0 Å². The summed E-state index contributed by atoms with van der Waals surface area (Å²) < 4.78 is 5.77. The van der Waals surface area contributed by atoms with Crippen LogP contribution in [0.3, 0.4) is 0 Å². The van der Waals surface area contributed by atoms with Crippen LogP contribution in [0.2, 0.25) is 5.02 Å². The highest BCUT2D eigenvalue weighted by molar-refractivity contribution is 8.18. The largest absolute Gasteiger partial charge is 0.456 e. The van der Waals surface area contributed by atoms with Gasteiger partial charge in [0.05, 0.1) is 21.1 Å². The Balaban J connectivity index is 1.66. The highest BCUT2D eigenvalue weighted by atomic mass is 35.5. The topological polar surface area (TPSA) is 97.7 Å². The van der Waals surface area contributed by atoms with Crippen molar-refractivity contribution in [1.29, 1.82) is 0 Å². The van der Waals surface area contributed by atoms with Gasteiger partial charge in [0.15, 0.2) is 0 Å². The maximum atomic E-state index is 11.8. The van der Waals surface area contributed by atoms with Gasteiger partial charge in [-0.1, -0.05) is 23.7 Å². The Labute approximate surface area is 174 Å². The second-order valence-electron chi connectivity index (χ2n) is 5.94. The van der Waals surface area contributed by atoms with Crippen molar-refractivity contribution in [1.82, 2.24) is 5.32 Å². The molecule has 4 rings (SSSR count). The molecule has 0 bridgehead atoms. The van der Waals surface area contributed by atoms with Crippen molar-refractivity contribution >= 4 is 51.9 Å². The average Bonchev–Trinajstić information content (AvgIpc) is 3.30. The Morgan fingerprint density at radius 3 is 2.62 bits per heavy atom. The first-order chi connectivity index (χ1) is 14.0. The summed E-state index contributed by atoms with van der Waals surface area (Å²) in [4.78, 5) is 27.6. The second kappa shape index (κ2) is 7.94. The molecule has 0 atom stereocenters. The Morgan fingerprint density at radius 2 is 1.86 bits per heavy atom. The van der Waals surface area contributed by atoms with Gasteiger partial charge in [0.2, 0.25) is 0 Å². The summed E-state index contributed by atoms with van der Waals surface area (Å²) in [6.07, 6.45) is 1.66. The summed E-state index contributed by atoms with van der Waals surface area (Å²) >= 11 is 6.87. The molecule has 1 N–H and O–H groups in total. The van der Waals surface area contributed by atoms with E-state index >= 15 is 0 Å². The van der Waals surface area contributed by atoms with Gasteiger partial charge < -0.3 is 9.73 Å². The van der Waals surface area contributed by atoms with Crippen LogP contribution in [0.5, 0.6) is 0 Å². The Bertz CT molecular complexity index is 1170. The van der Waals surface area contributed by atoms with Crippen molar-refractivity contribution in [3.8, 4) is 11.3 Å². The molecule has 1 amide bonds. The number of nitro benzene ring substituents is 1. The first-order valence-electron chi connectivity index (χ1n) is 8.38. The van der Waals surface area contributed by atoms with Crippen molar-refractivity contribution in [2.24, 2.45) is 4.99 Å². The number of carbonyl (C=O) groups excluding carboxylic acids is 1. The molecule has 1 aliphatic rings. The minimum Gasteiger partial charge on any atom is -0.456 e. The lowest BCUT2D eigenvalue weighted by Crippen LogP contribution is -2.18. The van der Waals surface area contributed by atoms with Crippen LogP contribution in [-0.4, -0.2) is 16.0 Å². The van der Waals surface area contributed by atoms with Gasteiger partial charge in [0, 0.05) is 11.1 Å². The fourth-order valence-electron chi connectivity index (χ4n) is 2.70. The number of halogens is 1. The van der Waals surface area contributed by atoms with E-state index in [9.17, 15) is 14.9 Å². The summed E-state index contributed by atoms with van der Waals surface area (Å²) in [5.41, 5.74) is 0.974. The zero-order valence-electron chi connectivity index (χ0n) is 14.7. The molecule has 9 heteroatoms. The average molecular weight is 426 g/mol. The Morgan fingerprint density at radius 1 is 1.10 bits per heavy atom. The van der Waals surface area contributed by atoms with Crippen LogP contribution < -0.4 is 5.32 Å². The van der Waals surface area contributed by atoms with Gasteiger partial charge >= 0.3 is 0 Å². The normalized spacial score (nSPS) is 16.4. The number of rotatable bonds is 4. The number of para-hydroxylation sites is 1. The molecule has 1 aliphatic heterocycles. The third kappa shape index (κ3) is 4.23. The number of nitro groups is 1. The van der Waals surface area contributed by atoms with Gasteiger partial charge in [-0.3, -0.25) is 14.9 Å². The van der Waals surface area contributed by atoms with Crippen LogP contribution in [0.4, 0.5) is 16.2 Å². The zero-order valence-corrected chi connectivity index (χ0v) is 16.2. The van der Waals surface area contributed by atoms with Gasteiger partial charge in [-0.2, -0.15) is 0 Å². The minimum atomic E-state index is -0.456. The SMILES string of the molecule is O=C1NC(=Nc2ccc(Cl)cc2)/C(=C/c2ccc(-c3ccccc3[N+](=O)[O-])o2)S1. The second-order valence-corrected chi connectivity index (χ2v) is 7.39. The van der Waals surface area contributed by atoms with E-state index in [-0.39, 0.29) is 10.9 Å². The molecule has 0 spiro atoms. The molecular weight excluding hydrogens is 414 g/mol. The number of furan rings is 1. The summed E-state index contributed by atoms with van der Waals surface area (Å²) in [5.74, 6) is 1.20. The number of amidine groups is 1. The first-order valence-corrected chi connectivity index (χ1v) is 9.58. The van der Waals surface area contributed by atoms with Crippen LogP contribution in [0.1, 0.15) is 5.76 Å². The predicted molar refractivity (Wildman–Crippen MR) is 113 cm³/mol. The van der Waals surface area contributed by atoms with E-state index < -0.39 is 4.92 Å². The number of hydrogen-bond donors (Lipinski definition) is 1. The monoisotopic (exact) mass is 425 g/mol. The molecule has 7 nitrogen and oxygen atoms in total. The van der Waals surface area contributed by atoms with Crippen LogP contribution in [0.25, 0.3) is 17.4 Å². The highest BCUT2D eigenvalue weighted by Crippen LogP contribution is 2.33. The first kappa shape index (κ1) is 19.0. The number of benzene rings is 2. The molecule has 29 heavy (non-hydrogen) atoms. The van der Waals surface area contributed by atoms with Gasteiger partial charge in [-0.15, -0.1) is 0 Å². The molecule has 2 heterocycles.